The van der Waals surface area contributed by atoms with Gasteiger partial charge in [0.2, 0.25) is 0 Å². The number of aromatic carboxylic acids is 1. The van der Waals surface area contributed by atoms with Gasteiger partial charge in [0.1, 0.15) is 11.6 Å². The zero-order chi connectivity index (χ0) is 14.8. The van der Waals surface area contributed by atoms with Crippen molar-refractivity contribution in [2.24, 2.45) is 0 Å². The molecule has 1 aromatic carbocycles. The molecule has 0 radical (unpaired) electrons. The van der Waals surface area contributed by atoms with E-state index < -0.39 is 5.97 Å². The average Bonchev–Trinajstić information content (AvgIpc) is 2.49. The van der Waals surface area contributed by atoms with Gasteiger partial charge in [-0.2, -0.15) is 0 Å². The lowest BCUT2D eigenvalue weighted by molar-refractivity contribution is 0.0691. The minimum Gasteiger partial charge on any atom is -0.493 e. The highest BCUT2D eigenvalue weighted by molar-refractivity contribution is 6.33. The number of carboxylic acids is 1. The molecule has 3 rings (SSSR count). The zero-order valence-corrected chi connectivity index (χ0v) is 11.8. The zero-order valence-electron chi connectivity index (χ0n) is 11.0. The largest absolute Gasteiger partial charge is 0.493 e. The molecular weight excluding hydrogens is 292 g/mol. The Bertz CT molecular complexity index is 690. The van der Waals surface area contributed by atoms with Crippen LogP contribution in [0.5, 0.6) is 5.75 Å². The number of nitrogens with zero attached hydrogens (tertiary/aromatic N) is 1. The highest BCUT2D eigenvalue weighted by Gasteiger charge is 2.21. The fraction of sp³-hybridized carbons (Fsp3) is 0.200. The van der Waals surface area contributed by atoms with Crippen molar-refractivity contribution in [3.05, 3.63) is 52.7 Å². The first-order chi connectivity index (χ1) is 10.1. The summed E-state index contributed by atoms with van der Waals surface area (Å²) in [6.07, 6.45) is 0.781. The third kappa shape index (κ3) is 2.78. The van der Waals surface area contributed by atoms with Crippen LogP contribution in [-0.2, 0) is 0 Å². The number of carbonyl (C=O) groups is 1. The monoisotopic (exact) mass is 304 g/mol. The van der Waals surface area contributed by atoms with E-state index in [2.05, 4.69) is 10.3 Å². The summed E-state index contributed by atoms with van der Waals surface area (Å²) in [5.74, 6) is 0.184. The van der Waals surface area contributed by atoms with Crippen LogP contribution in [0.3, 0.4) is 0 Å². The van der Waals surface area contributed by atoms with Gasteiger partial charge in [-0.3, -0.25) is 0 Å². The molecule has 2 heterocycles. The number of anilines is 1. The van der Waals surface area contributed by atoms with Crippen LogP contribution < -0.4 is 10.1 Å². The van der Waals surface area contributed by atoms with E-state index in [0.29, 0.717) is 12.4 Å². The second kappa shape index (κ2) is 5.61. The van der Waals surface area contributed by atoms with Gasteiger partial charge in [-0.1, -0.05) is 29.8 Å². The van der Waals surface area contributed by atoms with Gasteiger partial charge in [-0.05, 0) is 18.2 Å². The summed E-state index contributed by atoms with van der Waals surface area (Å²) in [5.41, 5.74) is 0.888. The standard InChI is InChI=1S/C15H13ClN2O3/c16-10-5-6-13(18-14(10)15(19)20)17-11-7-8-21-12-4-2-1-3-9(11)12/h1-6,11H,7-8H2,(H,17,18)(H,19,20). The fourth-order valence-corrected chi connectivity index (χ4v) is 2.53. The molecule has 2 N–H and O–H groups in total. The summed E-state index contributed by atoms with van der Waals surface area (Å²) in [6.45, 7) is 0.605. The van der Waals surface area contributed by atoms with Crippen LogP contribution in [0.1, 0.15) is 28.5 Å². The van der Waals surface area contributed by atoms with E-state index in [1.54, 1.807) is 6.07 Å². The van der Waals surface area contributed by atoms with Gasteiger partial charge >= 0.3 is 5.97 Å². The predicted octanol–water partition coefficient (Wildman–Crippen LogP) is 3.37. The summed E-state index contributed by atoms with van der Waals surface area (Å²) in [6, 6.07) is 11.0. The lowest BCUT2D eigenvalue weighted by Gasteiger charge is -2.27. The molecule has 1 unspecified atom stereocenters. The van der Waals surface area contributed by atoms with Crippen LogP contribution in [0, 0.1) is 0 Å². The topological polar surface area (TPSA) is 71.5 Å². The Balaban J connectivity index is 1.88. The SMILES string of the molecule is O=C(O)c1nc(NC2CCOc3ccccc32)ccc1Cl. The van der Waals surface area contributed by atoms with Gasteiger partial charge < -0.3 is 15.2 Å². The maximum atomic E-state index is 11.1. The number of rotatable bonds is 3. The quantitative estimate of drug-likeness (QED) is 0.909. The highest BCUT2D eigenvalue weighted by atomic mass is 35.5. The van der Waals surface area contributed by atoms with Gasteiger partial charge in [0, 0.05) is 12.0 Å². The highest BCUT2D eigenvalue weighted by Crippen LogP contribution is 2.33. The number of hydrogen-bond acceptors (Lipinski definition) is 4. The number of fused-ring (bicyclic) bond motifs is 1. The number of benzene rings is 1. The number of para-hydroxylation sites is 1. The van der Waals surface area contributed by atoms with Gasteiger partial charge in [0.15, 0.2) is 5.69 Å². The molecule has 2 aromatic rings. The minimum absolute atomic E-state index is 0.0327. The minimum atomic E-state index is -1.14. The first-order valence-electron chi connectivity index (χ1n) is 6.53. The van der Waals surface area contributed by atoms with Gasteiger partial charge in [-0.25, -0.2) is 9.78 Å². The predicted molar refractivity (Wildman–Crippen MR) is 79.1 cm³/mol. The normalized spacial score (nSPS) is 16.7. The second-order valence-corrected chi connectivity index (χ2v) is 5.11. The summed E-state index contributed by atoms with van der Waals surface area (Å²) in [7, 11) is 0. The molecular formula is C15H13ClN2O3. The molecule has 1 aliphatic heterocycles. The summed E-state index contributed by atoms with van der Waals surface area (Å²) < 4.78 is 5.60. The molecule has 0 fully saturated rings. The molecule has 108 valence electrons. The summed E-state index contributed by atoms with van der Waals surface area (Å²) in [5, 5.41) is 12.4. The van der Waals surface area contributed by atoms with Crippen LogP contribution in [0.25, 0.3) is 0 Å². The van der Waals surface area contributed by atoms with Crippen molar-refractivity contribution < 1.29 is 14.6 Å². The molecule has 0 saturated heterocycles. The first kappa shape index (κ1) is 13.7. The van der Waals surface area contributed by atoms with Crippen LogP contribution in [0.4, 0.5) is 5.82 Å². The molecule has 21 heavy (non-hydrogen) atoms. The summed E-state index contributed by atoms with van der Waals surface area (Å²) in [4.78, 5) is 15.1. The van der Waals surface area contributed by atoms with Crippen LogP contribution in [-0.4, -0.2) is 22.7 Å². The number of ether oxygens (including phenoxy) is 1. The molecule has 1 aliphatic rings. The van der Waals surface area contributed by atoms with E-state index in [4.69, 9.17) is 21.4 Å². The second-order valence-electron chi connectivity index (χ2n) is 4.70. The number of nitrogens with one attached hydrogen (secondary N) is 1. The van der Waals surface area contributed by atoms with Crippen molar-refractivity contribution in [1.29, 1.82) is 0 Å². The maximum Gasteiger partial charge on any atom is 0.356 e. The number of hydrogen-bond donors (Lipinski definition) is 2. The van der Waals surface area contributed by atoms with Gasteiger partial charge in [0.25, 0.3) is 0 Å². The lowest BCUT2D eigenvalue weighted by Crippen LogP contribution is -2.21. The third-order valence-electron chi connectivity index (χ3n) is 3.33. The molecule has 0 saturated carbocycles. The Morgan fingerprint density at radius 3 is 2.95 bits per heavy atom. The summed E-state index contributed by atoms with van der Waals surface area (Å²) >= 11 is 5.82. The van der Waals surface area contributed by atoms with Crippen molar-refractivity contribution >= 4 is 23.4 Å². The molecule has 0 spiro atoms. The molecule has 0 amide bonds. The van der Waals surface area contributed by atoms with Crippen LogP contribution >= 0.6 is 11.6 Å². The van der Waals surface area contributed by atoms with E-state index in [1.165, 1.54) is 6.07 Å². The van der Waals surface area contributed by atoms with Gasteiger partial charge in [-0.15, -0.1) is 0 Å². The fourth-order valence-electron chi connectivity index (χ4n) is 2.34. The smallest absolute Gasteiger partial charge is 0.356 e. The Hall–Kier alpha value is -2.27. The van der Waals surface area contributed by atoms with Crippen molar-refractivity contribution in [2.75, 3.05) is 11.9 Å². The maximum absolute atomic E-state index is 11.1. The number of pyridine rings is 1. The first-order valence-corrected chi connectivity index (χ1v) is 6.91. The van der Waals surface area contributed by atoms with Crippen molar-refractivity contribution in [3.63, 3.8) is 0 Å². The molecule has 1 atom stereocenters. The molecule has 0 aliphatic carbocycles. The third-order valence-corrected chi connectivity index (χ3v) is 3.63. The Kier molecular flexibility index (Phi) is 3.66. The Labute approximate surface area is 126 Å². The van der Waals surface area contributed by atoms with E-state index in [1.807, 2.05) is 24.3 Å². The van der Waals surface area contributed by atoms with Crippen molar-refractivity contribution in [3.8, 4) is 5.75 Å². The molecule has 0 bridgehead atoms. The van der Waals surface area contributed by atoms with E-state index in [0.717, 1.165) is 17.7 Å². The average molecular weight is 305 g/mol. The van der Waals surface area contributed by atoms with Crippen LogP contribution in [0.2, 0.25) is 5.02 Å². The molecule has 6 heteroatoms. The van der Waals surface area contributed by atoms with E-state index in [9.17, 15) is 4.79 Å². The Morgan fingerprint density at radius 2 is 2.14 bits per heavy atom. The number of aromatic nitrogens is 1. The van der Waals surface area contributed by atoms with Crippen molar-refractivity contribution in [2.45, 2.75) is 12.5 Å². The molecule has 1 aromatic heterocycles. The van der Waals surface area contributed by atoms with Gasteiger partial charge in [0.05, 0.1) is 17.7 Å². The van der Waals surface area contributed by atoms with Crippen molar-refractivity contribution in [1.82, 2.24) is 4.98 Å². The Morgan fingerprint density at radius 1 is 1.33 bits per heavy atom. The lowest BCUT2D eigenvalue weighted by atomic mass is 10.0. The van der Waals surface area contributed by atoms with E-state index in [-0.39, 0.29) is 16.8 Å². The van der Waals surface area contributed by atoms with Crippen LogP contribution in [0.15, 0.2) is 36.4 Å². The van der Waals surface area contributed by atoms with E-state index >= 15 is 0 Å². The molecule has 5 nitrogen and oxygen atoms in total. The number of halogens is 1. The number of carboxylic acid groups (broad SMARTS) is 1.